The Morgan fingerprint density at radius 3 is 1.90 bits per heavy atom. The number of nitrogens with zero attached hydrogens (tertiary/aromatic N) is 1. The number of hydrogen-bond donors (Lipinski definition) is 2. The van der Waals surface area contributed by atoms with Crippen LogP contribution in [0.15, 0.2) is 0 Å². The molecule has 0 radical (unpaired) electrons. The second kappa shape index (κ2) is 8.63. The number of amides is 1. The fraction of sp³-hybridized carbons (Fsp3) is 0.938. The smallest absolute Gasteiger partial charge is 0.237 e. The fourth-order valence-corrected chi connectivity index (χ4v) is 3.81. The molecule has 0 spiro atoms. The van der Waals surface area contributed by atoms with Crippen molar-refractivity contribution < 1.29 is 4.79 Å². The molecule has 2 aliphatic rings. The van der Waals surface area contributed by atoms with Crippen molar-refractivity contribution in [2.24, 2.45) is 5.73 Å². The van der Waals surface area contributed by atoms with E-state index in [0.717, 1.165) is 6.54 Å². The van der Waals surface area contributed by atoms with E-state index in [2.05, 4.69) is 10.2 Å². The summed E-state index contributed by atoms with van der Waals surface area (Å²) in [6.07, 6.45) is 12.7. The number of hydrogen-bond acceptors (Lipinski definition) is 3. The van der Waals surface area contributed by atoms with Gasteiger partial charge in [0.2, 0.25) is 5.91 Å². The highest BCUT2D eigenvalue weighted by Crippen LogP contribution is 2.30. The van der Waals surface area contributed by atoms with Crippen molar-refractivity contribution in [3.63, 3.8) is 0 Å². The van der Waals surface area contributed by atoms with Crippen LogP contribution >= 0.6 is 0 Å². The standard InChI is InChI=1S/C16H31N3O/c17-11-12-18-13-16(20)19(14-7-3-1-4-8-14)15-9-5-2-6-10-15/h14-15,18H,1-13,17H2. The van der Waals surface area contributed by atoms with E-state index < -0.39 is 0 Å². The molecule has 2 rings (SSSR count). The SMILES string of the molecule is NCCNCC(=O)N(C1CCCCC1)C1CCCCC1. The van der Waals surface area contributed by atoms with E-state index in [1.165, 1.54) is 64.2 Å². The average molecular weight is 281 g/mol. The molecule has 3 N–H and O–H groups in total. The highest BCUT2D eigenvalue weighted by Gasteiger charge is 2.31. The lowest BCUT2D eigenvalue weighted by Gasteiger charge is -2.42. The van der Waals surface area contributed by atoms with Gasteiger partial charge in [0.25, 0.3) is 0 Å². The lowest BCUT2D eigenvalue weighted by molar-refractivity contribution is -0.137. The minimum absolute atomic E-state index is 0.303. The van der Waals surface area contributed by atoms with Gasteiger partial charge in [-0.05, 0) is 25.7 Å². The van der Waals surface area contributed by atoms with Crippen molar-refractivity contribution in [1.82, 2.24) is 10.2 Å². The van der Waals surface area contributed by atoms with Gasteiger partial charge >= 0.3 is 0 Å². The van der Waals surface area contributed by atoms with Crippen LogP contribution in [-0.2, 0) is 4.79 Å². The minimum Gasteiger partial charge on any atom is -0.336 e. The second-order valence-corrected chi connectivity index (χ2v) is 6.35. The Bertz CT molecular complexity index is 265. The molecule has 0 aromatic carbocycles. The molecule has 4 nitrogen and oxygen atoms in total. The number of nitrogens with two attached hydrogens (primary N) is 1. The Kier molecular flexibility index (Phi) is 6.80. The summed E-state index contributed by atoms with van der Waals surface area (Å²) in [5.74, 6) is 0.303. The quantitative estimate of drug-likeness (QED) is 0.732. The van der Waals surface area contributed by atoms with Crippen LogP contribution in [0.25, 0.3) is 0 Å². The van der Waals surface area contributed by atoms with Crippen LogP contribution in [0.3, 0.4) is 0 Å². The summed E-state index contributed by atoms with van der Waals surface area (Å²) in [4.78, 5) is 14.9. The van der Waals surface area contributed by atoms with Crippen LogP contribution in [0.5, 0.6) is 0 Å². The number of rotatable bonds is 6. The fourth-order valence-electron chi connectivity index (χ4n) is 3.81. The van der Waals surface area contributed by atoms with Crippen LogP contribution < -0.4 is 11.1 Å². The summed E-state index contributed by atoms with van der Waals surface area (Å²) < 4.78 is 0. The van der Waals surface area contributed by atoms with Gasteiger partial charge in [-0.3, -0.25) is 4.79 Å². The summed E-state index contributed by atoms with van der Waals surface area (Å²) in [5.41, 5.74) is 5.49. The molecule has 116 valence electrons. The van der Waals surface area contributed by atoms with Crippen molar-refractivity contribution in [3.05, 3.63) is 0 Å². The molecule has 2 aliphatic carbocycles. The van der Waals surface area contributed by atoms with Crippen molar-refractivity contribution in [3.8, 4) is 0 Å². The van der Waals surface area contributed by atoms with Crippen LogP contribution in [0, 0.1) is 0 Å². The average Bonchev–Trinajstić information content (AvgIpc) is 2.50. The summed E-state index contributed by atoms with van der Waals surface area (Å²) in [6.45, 7) is 1.79. The van der Waals surface area contributed by atoms with Crippen LogP contribution in [0.2, 0.25) is 0 Å². The van der Waals surface area contributed by atoms with Crippen LogP contribution in [0.1, 0.15) is 64.2 Å². The van der Waals surface area contributed by atoms with Crippen molar-refractivity contribution in [2.75, 3.05) is 19.6 Å². The first-order chi connectivity index (χ1) is 9.83. The predicted molar refractivity (Wildman–Crippen MR) is 82.5 cm³/mol. The van der Waals surface area contributed by atoms with Gasteiger partial charge in [-0.1, -0.05) is 38.5 Å². The monoisotopic (exact) mass is 281 g/mol. The Hall–Kier alpha value is -0.610. The van der Waals surface area contributed by atoms with E-state index in [1.54, 1.807) is 0 Å². The molecule has 0 aliphatic heterocycles. The van der Waals surface area contributed by atoms with E-state index >= 15 is 0 Å². The van der Waals surface area contributed by atoms with E-state index in [4.69, 9.17) is 5.73 Å². The third kappa shape index (κ3) is 4.45. The van der Waals surface area contributed by atoms with Crippen LogP contribution in [-0.4, -0.2) is 42.5 Å². The summed E-state index contributed by atoms with van der Waals surface area (Å²) in [6, 6.07) is 0.998. The molecule has 0 atom stereocenters. The Morgan fingerprint density at radius 2 is 1.45 bits per heavy atom. The van der Waals surface area contributed by atoms with Crippen molar-refractivity contribution >= 4 is 5.91 Å². The molecule has 0 aromatic heterocycles. The van der Waals surface area contributed by atoms with Crippen LogP contribution in [0.4, 0.5) is 0 Å². The van der Waals surface area contributed by atoms with E-state index in [-0.39, 0.29) is 0 Å². The van der Waals surface area contributed by atoms with Gasteiger partial charge in [0.05, 0.1) is 6.54 Å². The summed E-state index contributed by atoms with van der Waals surface area (Å²) >= 11 is 0. The molecule has 1 amide bonds. The zero-order valence-corrected chi connectivity index (χ0v) is 12.8. The molecule has 2 fully saturated rings. The lowest BCUT2D eigenvalue weighted by atomic mass is 9.88. The Morgan fingerprint density at radius 1 is 0.950 bits per heavy atom. The zero-order chi connectivity index (χ0) is 14.2. The Labute approximate surface area is 123 Å². The third-order valence-corrected chi connectivity index (χ3v) is 4.82. The molecule has 0 unspecified atom stereocenters. The molecule has 0 heterocycles. The lowest BCUT2D eigenvalue weighted by Crippen LogP contribution is -2.51. The Balaban J connectivity index is 1.95. The maximum Gasteiger partial charge on any atom is 0.237 e. The maximum absolute atomic E-state index is 12.6. The second-order valence-electron chi connectivity index (χ2n) is 6.35. The van der Waals surface area contributed by atoms with Gasteiger partial charge in [0.1, 0.15) is 0 Å². The highest BCUT2D eigenvalue weighted by atomic mass is 16.2. The highest BCUT2D eigenvalue weighted by molar-refractivity contribution is 5.79. The van der Waals surface area contributed by atoms with Gasteiger partial charge in [-0.15, -0.1) is 0 Å². The normalized spacial score (nSPS) is 21.9. The number of nitrogens with one attached hydrogen (secondary N) is 1. The molecule has 2 saturated carbocycles. The van der Waals surface area contributed by atoms with Gasteiger partial charge < -0.3 is 16.0 Å². The molecule has 20 heavy (non-hydrogen) atoms. The van der Waals surface area contributed by atoms with Gasteiger partial charge in [-0.2, -0.15) is 0 Å². The van der Waals surface area contributed by atoms with Crippen molar-refractivity contribution in [2.45, 2.75) is 76.3 Å². The first-order valence-electron chi connectivity index (χ1n) is 8.55. The predicted octanol–water partition coefficient (Wildman–Crippen LogP) is 2.03. The summed E-state index contributed by atoms with van der Waals surface area (Å²) in [5, 5.41) is 3.18. The van der Waals surface area contributed by atoms with E-state index in [9.17, 15) is 4.79 Å². The molecule has 0 saturated heterocycles. The number of carbonyl (C=O) groups excluding carboxylic acids is 1. The third-order valence-electron chi connectivity index (χ3n) is 4.82. The molecule has 0 aromatic rings. The molecular formula is C16H31N3O. The zero-order valence-electron chi connectivity index (χ0n) is 12.8. The van der Waals surface area contributed by atoms with Gasteiger partial charge in [0, 0.05) is 25.2 Å². The minimum atomic E-state index is 0.303. The van der Waals surface area contributed by atoms with Crippen molar-refractivity contribution in [1.29, 1.82) is 0 Å². The largest absolute Gasteiger partial charge is 0.336 e. The first kappa shape index (κ1) is 15.8. The van der Waals surface area contributed by atoms with Gasteiger partial charge in [-0.25, -0.2) is 0 Å². The molecule has 0 bridgehead atoms. The molecular weight excluding hydrogens is 250 g/mol. The van der Waals surface area contributed by atoms with E-state index in [1.807, 2.05) is 0 Å². The van der Waals surface area contributed by atoms with E-state index in [0.29, 0.717) is 31.1 Å². The maximum atomic E-state index is 12.6. The van der Waals surface area contributed by atoms with Gasteiger partial charge in [0.15, 0.2) is 0 Å². The molecule has 4 heteroatoms. The summed E-state index contributed by atoms with van der Waals surface area (Å²) in [7, 11) is 0. The topological polar surface area (TPSA) is 58.4 Å². The first-order valence-corrected chi connectivity index (χ1v) is 8.55. The number of carbonyl (C=O) groups is 1.